The first-order chi connectivity index (χ1) is 13.9. The van der Waals surface area contributed by atoms with Crippen LogP contribution < -0.4 is 0 Å². The normalized spacial score (nSPS) is 19.6. The highest BCUT2D eigenvalue weighted by molar-refractivity contribution is 8.18. The number of nitrogens with zero attached hydrogens (tertiary/aromatic N) is 2. The van der Waals surface area contributed by atoms with E-state index in [1.54, 1.807) is 0 Å². The smallest absolute Gasteiger partial charge is 0.293 e. The first kappa shape index (κ1) is 20.0. The second-order valence-electron chi connectivity index (χ2n) is 8.29. The van der Waals surface area contributed by atoms with E-state index in [9.17, 15) is 9.59 Å². The number of aromatic nitrogens is 1. The molecule has 152 valence electrons. The van der Waals surface area contributed by atoms with Gasteiger partial charge in [0.25, 0.3) is 11.1 Å². The highest BCUT2D eigenvalue weighted by atomic mass is 32.2. The van der Waals surface area contributed by atoms with E-state index in [2.05, 4.69) is 55.7 Å². The summed E-state index contributed by atoms with van der Waals surface area (Å²) < 4.78 is 2.19. The lowest BCUT2D eigenvalue weighted by Gasteiger charge is -2.25. The predicted octanol–water partition coefficient (Wildman–Crippen LogP) is 6.02. The van der Waals surface area contributed by atoms with Crippen LogP contribution in [0.5, 0.6) is 0 Å². The molecule has 0 bridgehead atoms. The van der Waals surface area contributed by atoms with E-state index in [0.29, 0.717) is 17.4 Å². The lowest BCUT2D eigenvalue weighted by atomic mass is 9.89. The molecular weight excluding hydrogens is 380 g/mol. The maximum Gasteiger partial charge on any atom is 0.293 e. The van der Waals surface area contributed by atoms with Gasteiger partial charge in [-0.05, 0) is 81.1 Å². The van der Waals surface area contributed by atoms with Crippen LogP contribution in [0.15, 0.2) is 35.2 Å². The van der Waals surface area contributed by atoms with Crippen molar-refractivity contribution in [2.45, 2.75) is 52.9 Å². The van der Waals surface area contributed by atoms with Crippen LogP contribution in [0.3, 0.4) is 0 Å². The molecule has 2 aliphatic rings. The molecule has 0 radical (unpaired) electrons. The van der Waals surface area contributed by atoms with Crippen molar-refractivity contribution in [3.63, 3.8) is 0 Å². The van der Waals surface area contributed by atoms with E-state index in [0.717, 1.165) is 47.2 Å². The number of thioether (sulfide) groups is 1. The van der Waals surface area contributed by atoms with Crippen molar-refractivity contribution in [1.82, 2.24) is 9.47 Å². The van der Waals surface area contributed by atoms with Crippen molar-refractivity contribution in [2.75, 3.05) is 6.54 Å². The van der Waals surface area contributed by atoms with E-state index in [4.69, 9.17) is 0 Å². The summed E-state index contributed by atoms with van der Waals surface area (Å²) in [5, 5.41) is -0.126. The van der Waals surface area contributed by atoms with Gasteiger partial charge in [-0.25, -0.2) is 0 Å². The molecule has 1 aliphatic carbocycles. The molecule has 5 heteroatoms. The van der Waals surface area contributed by atoms with Crippen LogP contribution in [0.1, 0.15) is 54.6 Å². The van der Waals surface area contributed by atoms with Gasteiger partial charge >= 0.3 is 0 Å². The Morgan fingerprint density at radius 3 is 2.41 bits per heavy atom. The molecule has 1 aromatic heterocycles. The summed E-state index contributed by atoms with van der Waals surface area (Å²) in [6, 6.07) is 10.5. The van der Waals surface area contributed by atoms with Crippen LogP contribution in [0, 0.1) is 26.7 Å². The summed E-state index contributed by atoms with van der Waals surface area (Å²) in [5.41, 5.74) is 5.51. The van der Waals surface area contributed by atoms with E-state index in [1.807, 2.05) is 6.08 Å². The van der Waals surface area contributed by atoms with Gasteiger partial charge in [-0.3, -0.25) is 14.5 Å². The predicted molar refractivity (Wildman–Crippen MR) is 119 cm³/mol. The van der Waals surface area contributed by atoms with Crippen molar-refractivity contribution in [2.24, 2.45) is 5.92 Å². The second-order valence-corrected chi connectivity index (χ2v) is 9.29. The zero-order valence-electron chi connectivity index (χ0n) is 17.4. The molecule has 2 amide bonds. The third-order valence-electron chi connectivity index (χ3n) is 6.09. The average molecular weight is 409 g/mol. The number of hydrogen-bond donors (Lipinski definition) is 0. The summed E-state index contributed by atoms with van der Waals surface area (Å²) in [5.74, 6) is 0.328. The SMILES string of the molecule is Cc1ccc(-n2c(C)cc(/C=C3\SC(=O)N(CC4CCCCC4)C3=O)c2C)cc1. The van der Waals surface area contributed by atoms with E-state index >= 15 is 0 Å². The van der Waals surface area contributed by atoms with E-state index in [1.165, 1.54) is 29.7 Å². The van der Waals surface area contributed by atoms with Crippen LogP contribution in [-0.4, -0.2) is 27.2 Å². The minimum atomic E-state index is -0.134. The van der Waals surface area contributed by atoms with Gasteiger partial charge in [-0.15, -0.1) is 0 Å². The molecule has 0 N–H and O–H groups in total. The largest absolute Gasteiger partial charge is 0.318 e. The lowest BCUT2D eigenvalue weighted by Crippen LogP contribution is -2.34. The van der Waals surface area contributed by atoms with Gasteiger partial charge in [0.2, 0.25) is 0 Å². The topological polar surface area (TPSA) is 42.3 Å². The van der Waals surface area contributed by atoms with Gasteiger partial charge in [0.1, 0.15) is 0 Å². The van der Waals surface area contributed by atoms with Crippen LogP contribution in [0.4, 0.5) is 4.79 Å². The number of carbonyl (C=O) groups excluding carboxylic acids is 2. The minimum Gasteiger partial charge on any atom is -0.318 e. The van der Waals surface area contributed by atoms with Crippen LogP contribution in [-0.2, 0) is 4.79 Å². The lowest BCUT2D eigenvalue weighted by molar-refractivity contribution is -0.123. The summed E-state index contributed by atoms with van der Waals surface area (Å²) in [7, 11) is 0. The summed E-state index contributed by atoms with van der Waals surface area (Å²) >= 11 is 1.08. The Kier molecular flexibility index (Phi) is 5.68. The van der Waals surface area contributed by atoms with Gasteiger partial charge in [0.15, 0.2) is 0 Å². The molecule has 2 fully saturated rings. The number of carbonyl (C=O) groups is 2. The second kappa shape index (κ2) is 8.23. The van der Waals surface area contributed by atoms with E-state index in [-0.39, 0.29) is 11.1 Å². The van der Waals surface area contributed by atoms with Gasteiger partial charge in [-0.1, -0.05) is 37.0 Å². The highest BCUT2D eigenvalue weighted by Crippen LogP contribution is 2.35. The van der Waals surface area contributed by atoms with Gasteiger partial charge in [0.05, 0.1) is 4.91 Å². The van der Waals surface area contributed by atoms with Crippen LogP contribution >= 0.6 is 11.8 Å². The molecule has 29 heavy (non-hydrogen) atoms. The van der Waals surface area contributed by atoms with Crippen molar-refractivity contribution in [1.29, 1.82) is 0 Å². The standard InChI is InChI=1S/C24H28N2O2S/c1-16-9-11-21(12-10-16)26-17(2)13-20(18(26)3)14-22-23(27)25(24(28)29-22)15-19-7-5-4-6-8-19/h9-14,19H,4-8,15H2,1-3H3/b22-14-. The van der Waals surface area contributed by atoms with Crippen molar-refractivity contribution < 1.29 is 9.59 Å². The number of aryl methyl sites for hydroxylation is 2. The molecule has 4 rings (SSSR count). The molecule has 1 saturated heterocycles. The summed E-state index contributed by atoms with van der Waals surface area (Å²) in [6.45, 7) is 6.78. The third kappa shape index (κ3) is 4.06. The number of hydrogen-bond acceptors (Lipinski definition) is 3. The Morgan fingerprint density at radius 1 is 1.03 bits per heavy atom. The molecule has 4 nitrogen and oxygen atoms in total. The fraction of sp³-hybridized carbons (Fsp3) is 0.417. The molecule has 0 unspecified atom stereocenters. The number of rotatable bonds is 4. The molecule has 0 atom stereocenters. The van der Waals surface area contributed by atoms with Crippen molar-refractivity contribution in [3.8, 4) is 5.69 Å². The maximum atomic E-state index is 12.9. The van der Waals surface area contributed by atoms with Crippen molar-refractivity contribution >= 4 is 29.0 Å². The fourth-order valence-corrected chi connectivity index (χ4v) is 5.29. The van der Waals surface area contributed by atoms with Crippen LogP contribution in [0.25, 0.3) is 11.8 Å². The molecule has 1 aromatic carbocycles. The van der Waals surface area contributed by atoms with Crippen LogP contribution in [0.2, 0.25) is 0 Å². The average Bonchev–Trinajstić information content (AvgIpc) is 3.13. The Balaban J connectivity index is 1.58. The third-order valence-corrected chi connectivity index (χ3v) is 7.00. The van der Waals surface area contributed by atoms with Gasteiger partial charge in [0, 0.05) is 23.6 Å². The summed E-state index contributed by atoms with van der Waals surface area (Å²) in [6.07, 6.45) is 7.83. The number of benzene rings is 1. The molecule has 1 saturated carbocycles. The maximum absolute atomic E-state index is 12.9. The molecule has 2 heterocycles. The quantitative estimate of drug-likeness (QED) is 0.581. The summed E-state index contributed by atoms with van der Waals surface area (Å²) in [4.78, 5) is 27.4. The van der Waals surface area contributed by atoms with Crippen molar-refractivity contribution in [3.05, 3.63) is 57.8 Å². The Labute approximate surface area is 177 Å². The molecule has 0 spiro atoms. The first-order valence-electron chi connectivity index (χ1n) is 10.5. The van der Waals surface area contributed by atoms with Gasteiger partial charge < -0.3 is 4.57 Å². The number of amides is 2. The Morgan fingerprint density at radius 2 is 1.72 bits per heavy atom. The zero-order chi connectivity index (χ0) is 20.5. The highest BCUT2D eigenvalue weighted by Gasteiger charge is 2.36. The molecular formula is C24H28N2O2S. The zero-order valence-corrected chi connectivity index (χ0v) is 18.2. The number of imide groups is 1. The van der Waals surface area contributed by atoms with E-state index < -0.39 is 0 Å². The molecule has 2 aromatic rings. The Bertz CT molecular complexity index is 966. The fourth-order valence-electron chi connectivity index (χ4n) is 4.45. The first-order valence-corrected chi connectivity index (χ1v) is 11.3. The Hall–Kier alpha value is -2.27. The monoisotopic (exact) mass is 408 g/mol. The molecule has 1 aliphatic heterocycles. The minimum absolute atomic E-state index is 0.126. The van der Waals surface area contributed by atoms with Gasteiger partial charge in [-0.2, -0.15) is 0 Å².